The van der Waals surface area contributed by atoms with E-state index in [1.54, 1.807) is 0 Å². The molecule has 3 heteroatoms. The first-order valence-electron chi connectivity index (χ1n) is 6.17. The number of amides is 1. The van der Waals surface area contributed by atoms with E-state index in [2.05, 4.69) is 24.4 Å². The first kappa shape index (κ1) is 12.0. The Morgan fingerprint density at radius 3 is 2.82 bits per heavy atom. The van der Waals surface area contributed by atoms with Crippen molar-refractivity contribution >= 4 is 6.09 Å². The summed E-state index contributed by atoms with van der Waals surface area (Å²) in [4.78, 5) is 11.4. The molecular formula is C14H19NO2. The zero-order valence-corrected chi connectivity index (χ0v) is 10.4. The number of ether oxygens (including phenoxy) is 1. The molecule has 0 unspecified atom stereocenters. The molecule has 0 bridgehead atoms. The molecule has 0 aromatic heterocycles. The number of aryl methyl sites for hydroxylation is 1. The van der Waals surface area contributed by atoms with Gasteiger partial charge in [-0.25, -0.2) is 4.79 Å². The smallest absolute Gasteiger partial charge is 0.407 e. The van der Waals surface area contributed by atoms with E-state index in [0.29, 0.717) is 6.04 Å². The monoisotopic (exact) mass is 233 g/mol. The van der Waals surface area contributed by atoms with Gasteiger partial charge in [0.15, 0.2) is 0 Å². The molecule has 1 N–H and O–H groups in total. The summed E-state index contributed by atoms with van der Waals surface area (Å²) in [6.45, 7) is 4.01. The molecule has 17 heavy (non-hydrogen) atoms. The van der Waals surface area contributed by atoms with E-state index >= 15 is 0 Å². The first-order chi connectivity index (χ1) is 8.15. The van der Waals surface area contributed by atoms with Crippen LogP contribution in [0.4, 0.5) is 4.79 Å². The van der Waals surface area contributed by atoms with Crippen LogP contribution in [-0.2, 0) is 11.2 Å². The standard InChI is InChI=1S/C14H19NO2/c1-10-5-3-4-6-12(10)9-11(2)17-14(16)15-13-7-8-13/h3-6,11,13H,7-9H2,1-2H3,(H,15,16)/t11-/m0/s1. The highest BCUT2D eigenvalue weighted by Gasteiger charge is 2.24. The summed E-state index contributed by atoms with van der Waals surface area (Å²) in [5.74, 6) is 0. The predicted molar refractivity (Wildman–Crippen MR) is 67.0 cm³/mol. The van der Waals surface area contributed by atoms with E-state index in [1.165, 1.54) is 11.1 Å². The molecule has 1 aliphatic carbocycles. The van der Waals surface area contributed by atoms with Gasteiger partial charge in [-0.15, -0.1) is 0 Å². The van der Waals surface area contributed by atoms with Crippen LogP contribution < -0.4 is 5.32 Å². The molecule has 1 aliphatic rings. The van der Waals surface area contributed by atoms with Crippen LogP contribution >= 0.6 is 0 Å². The average Bonchev–Trinajstić information content (AvgIpc) is 3.05. The third-order valence-electron chi connectivity index (χ3n) is 2.98. The molecule has 1 aromatic rings. The van der Waals surface area contributed by atoms with Crippen molar-refractivity contribution in [3.8, 4) is 0 Å². The Labute approximate surface area is 102 Å². The minimum atomic E-state index is -0.284. The van der Waals surface area contributed by atoms with E-state index < -0.39 is 0 Å². The van der Waals surface area contributed by atoms with Crippen LogP contribution in [0.3, 0.4) is 0 Å². The van der Waals surface area contributed by atoms with Gasteiger partial charge in [0, 0.05) is 12.5 Å². The predicted octanol–water partition coefficient (Wildman–Crippen LogP) is 2.81. The van der Waals surface area contributed by atoms with E-state index in [9.17, 15) is 4.79 Å². The lowest BCUT2D eigenvalue weighted by Crippen LogP contribution is -2.30. The highest BCUT2D eigenvalue weighted by atomic mass is 16.6. The van der Waals surface area contributed by atoms with E-state index in [0.717, 1.165) is 19.3 Å². The van der Waals surface area contributed by atoms with Gasteiger partial charge >= 0.3 is 6.09 Å². The van der Waals surface area contributed by atoms with Crippen LogP contribution in [0.1, 0.15) is 30.9 Å². The van der Waals surface area contributed by atoms with Crippen molar-refractivity contribution < 1.29 is 9.53 Å². The number of rotatable bonds is 4. The molecule has 0 saturated heterocycles. The number of benzene rings is 1. The summed E-state index contributed by atoms with van der Waals surface area (Å²) >= 11 is 0. The Morgan fingerprint density at radius 1 is 1.47 bits per heavy atom. The Kier molecular flexibility index (Phi) is 3.67. The molecule has 2 rings (SSSR count). The molecule has 0 aliphatic heterocycles. The van der Waals surface area contributed by atoms with Gasteiger partial charge in [-0.2, -0.15) is 0 Å². The SMILES string of the molecule is Cc1ccccc1C[C@H](C)OC(=O)NC1CC1. The number of hydrogen-bond donors (Lipinski definition) is 1. The second-order valence-corrected chi connectivity index (χ2v) is 4.77. The maximum atomic E-state index is 11.4. The second kappa shape index (κ2) is 5.21. The molecule has 0 spiro atoms. The van der Waals surface area contributed by atoms with Gasteiger partial charge in [0.2, 0.25) is 0 Å². The Balaban J connectivity index is 1.81. The highest BCUT2D eigenvalue weighted by molar-refractivity contribution is 5.68. The Morgan fingerprint density at radius 2 is 2.18 bits per heavy atom. The number of nitrogens with one attached hydrogen (secondary N) is 1. The van der Waals surface area contributed by atoms with Crippen molar-refractivity contribution in [2.75, 3.05) is 0 Å². The highest BCUT2D eigenvalue weighted by Crippen LogP contribution is 2.19. The maximum absolute atomic E-state index is 11.4. The molecule has 1 aromatic carbocycles. The van der Waals surface area contributed by atoms with Crippen LogP contribution in [0.5, 0.6) is 0 Å². The topological polar surface area (TPSA) is 38.3 Å². The van der Waals surface area contributed by atoms with Crippen molar-refractivity contribution in [2.24, 2.45) is 0 Å². The van der Waals surface area contributed by atoms with Gasteiger partial charge in [0.05, 0.1) is 0 Å². The lowest BCUT2D eigenvalue weighted by atomic mass is 10.0. The minimum Gasteiger partial charge on any atom is -0.446 e. The molecule has 92 valence electrons. The summed E-state index contributed by atoms with van der Waals surface area (Å²) in [6.07, 6.45) is 2.57. The van der Waals surface area contributed by atoms with Crippen molar-refractivity contribution in [2.45, 2.75) is 45.3 Å². The van der Waals surface area contributed by atoms with Gasteiger partial charge in [0.25, 0.3) is 0 Å². The van der Waals surface area contributed by atoms with E-state index in [4.69, 9.17) is 4.74 Å². The van der Waals surface area contributed by atoms with Crippen LogP contribution in [0.25, 0.3) is 0 Å². The fraction of sp³-hybridized carbons (Fsp3) is 0.500. The Hall–Kier alpha value is -1.51. The average molecular weight is 233 g/mol. The Bertz CT molecular complexity index is 399. The summed E-state index contributed by atoms with van der Waals surface area (Å²) in [5.41, 5.74) is 2.48. The summed E-state index contributed by atoms with van der Waals surface area (Å²) in [6, 6.07) is 8.54. The third kappa shape index (κ3) is 3.77. The maximum Gasteiger partial charge on any atom is 0.407 e. The van der Waals surface area contributed by atoms with Crippen LogP contribution in [0.2, 0.25) is 0 Å². The minimum absolute atomic E-state index is 0.0881. The second-order valence-electron chi connectivity index (χ2n) is 4.77. The van der Waals surface area contributed by atoms with Gasteiger partial charge < -0.3 is 10.1 Å². The molecule has 1 fully saturated rings. The lowest BCUT2D eigenvalue weighted by Gasteiger charge is -2.15. The van der Waals surface area contributed by atoms with Gasteiger partial charge in [-0.1, -0.05) is 24.3 Å². The molecule has 1 amide bonds. The van der Waals surface area contributed by atoms with Crippen LogP contribution in [0.15, 0.2) is 24.3 Å². The van der Waals surface area contributed by atoms with Crippen molar-refractivity contribution in [1.82, 2.24) is 5.32 Å². The molecule has 1 atom stereocenters. The lowest BCUT2D eigenvalue weighted by molar-refractivity contribution is 0.106. The van der Waals surface area contributed by atoms with E-state index in [1.807, 2.05) is 19.1 Å². The van der Waals surface area contributed by atoms with Crippen molar-refractivity contribution in [3.63, 3.8) is 0 Å². The first-order valence-corrected chi connectivity index (χ1v) is 6.17. The summed E-state index contributed by atoms with van der Waals surface area (Å²) in [5, 5.41) is 2.82. The van der Waals surface area contributed by atoms with Gasteiger partial charge in [-0.3, -0.25) is 0 Å². The number of alkyl carbamates (subject to hydrolysis) is 1. The van der Waals surface area contributed by atoms with Crippen LogP contribution in [0, 0.1) is 6.92 Å². The third-order valence-corrected chi connectivity index (χ3v) is 2.98. The van der Waals surface area contributed by atoms with Gasteiger partial charge in [-0.05, 0) is 37.8 Å². The molecule has 1 saturated carbocycles. The van der Waals surface area contributed by atoms with Crippen molar-refractivity contribution in [1.29, 1.82) is 0 Å². The molecular weight excluding hydrogens is 214 g/mol. The summed E-state index contributed by atoms with van der Waals surface area (Å²) in [7, 11) is 0. The van der Waals surface area contributed by atoms with E-state index in [-0.39, 0.29) is 12.2 Å². The number of hydrogen-bond acceptors (Lipinski definition) is 2. The molecule has 0 radical (unpaired) electrons. The zero-order valence-electron chi connectivity index (χ0n) is 10.4. The van der Waals surface area contributed by atoms with Gasteiger partial charge in [0.1, 0.15) is 6.10 Å². The van der Waals surface area contributed by atoms with Crippen LogP contribution in [-0.4, -0.2) is 18.2 Å². The number of carbonyl (C=O) groups is 1. The largest absolute Gasteiger partial charge is 0.446 e. The number of carbonyl (C=O) groups excluding carboxylic acids is 1. The molecule has 0 heterocycles. The zero-order chi connectivity index (χ0) is 12.3. The fourth-order valence-electron chi connectivity index (χ4n) is 1.80. The van der Waals surface area contributed by atoms with Crippen molar-refractivity contribution in [3.05, 3.63) is 35.4 Å². The summed E-state index contributed by atoms with van der Waals surface area (Å²) < 4.78 is 5.31. The normalized spacial score (nSPS) is 16.4. The fourth-order valence-corrected chi connectivity index (χ4v) is 1.80. The molecule has 3 nitrogen and oxygen atoms in total. The quantitative estimate of drug-likeness (QED) is 0.868.